The lowest BCUT2D eigenvalue weighted by molar-refractivity contribution is -0.121. The van der Waals surface area contributed by atoms with Gasteiger partial charge in [-0.1, -0.05) is 19.3 Å². The molecule has 1 saturated carbocycles. The minimum atomic E-state index is 0.180. The van der Waals surface area contributed by atoms with Crippen molar-refractivity contribution >= 4 is 17.7 Å². The molecule has 1 heterocycles. The van der Waals surface area contributed by atoms with Crippen LogP contribution in [0.25, 0.3) is 0 Å². The highest BCUT2D eigenvalue weighted by atomic mass is 32.2. The molecule has 1 amide bonds. The van der Waals surface area contributed by atoms with Crippen molar-refractivity contribution in [3.8, 4) is 0 Å². The molecule has 1 aliphatic heterocycles. The van der Waals surface area contributed by atoms with Gasteiger partial charge in [-0.05, 0) is 37.4 Å². The number of hydrogen-bond donors (Lipinski definition) is 2. The van der Waals surface area contributed by atoms with Crippen molar-refractivity contribution < 1.29 is 4.79 Å². The highest BCUT2D eigenvalue weighted by molar-refractivity contribution is 8.00. The van der Waals surface area contributed by atoms with Crippen molar-refractivity contribution in [2.24, 2.45) is 11.7 Å². The van der Waals surface area contributed by atoms with Crippen LogP contribution in [0.1, 0.15) is 44.9 Å². The van der Waals surface area contributed by atoms with E-state index in [1.807, 2.05) is 11.8 Å². The fourth-order valence-corrected chi connectivity index (χ4v) is 4.16. The summed E-state index contributed by atoms with van der Waals surface area (Å²) in [6, 6.07) is 0.215. The smallest absolute Gasteiger partial charge is 0.233 e. The minimum Gasteiger partial charge on any atom is -0.351 e. The van der Waals surface area contributed by atoms with Crippen LogP contribution in [-0.2, 0) is 4.79 Å². The number of thioether (sulfide) groups is 1. The van der Waals surface area contributed by atoms with Gasteiger partial charge in [0.2, 0.25) is 5.91 Å². The fourth-order valence-electron chi connectivity index (χ4n) is 2.95. The average Bonchev–Trinajstić information content (AvgIpc) is 2.90. The molecule has 0 radical (unpaired) electrons. The van der Waals surface area contributed by atoms with Crippen molar-refractivity contribution in [1.29, 1.82) is 0 Å². The zero-order chi connectivity index (χ0) is 12.1. The molecule has 3 N–H and O–H groups in total. The van der Waals surface area contributed by atoms with Gasteiger partial charge in [0.15, 0.2) is 0 Å². The lowest BCUT2D eigenvalue weighted by Gasteiger charge is -2.27. The first kappa shape index (κ1) is 13.2. The molecule has 3 nitrogen and oxygen atoms in total. The Morgan fingerprint density at radius 2 is 1.94 bits per heavy atom. The molecule has 2 fully saturated rings. The molecule has 2 rings (SSSR count). The van der Waals surface area contributed by atoms with E-state index < -0.39 is 0 Å². The maximum atomic E-state index is 12.1. The van der Waals surface area contributed by atoms with E-state index in [9.17, 15) is 4.79 Å². The summed E-state index contributed by atoms with van der Waals surface area (Å²) in [5.41, 5.74) is 5.81. The molecule has 0 spiro atoms. The van der Waals surface area contributed by atoms with Gasteiger partial charge in [-0.3, -0.25) is 4.79 Å². The number of amides is 1. The zero-order valence-electron chi connectivity index (χ0n) is 10.5. The number of carbonyl (C=O) groups excluding carboxylic acids is 1. The third-order valence-corrected chi connectivity index (χ3v) is 5.40. The van der Waals surface area contributed by atoms with Crippen molar-refractivity contribution in [3.05, 3.63) is 0 Å². The molecule has 1 aliphatic carbocycles. The Morgan fingerprint density at radius 3 is 2.53 bits per heavy atom. The summed E-state index contributed by atoms with van der Waals surface area (Å²) in [6.45, 7) is 0.591. The third-order valence-electron chi connectivity index (χ3n) is 4.02. The summed E-state index contributed by atoms with van der Waals surface area (Å²) in [5.74, 6) is 1.99. The summed E-state index contributed by atoms with van der Waals surface area (Å²) in [4.78, 5) is 12.1. The Kier molecular flexibility index (Phi) is 5.16. The number of rotatable bonds is 4. The predicted octanol–water partition coefficient (Wildman–Crippen LogP) is 1.91. The number of nitrogens with one attached hydrogen (secondary N) is 1. The van der Waals surface area contributed by atoms with E-state index in [4.69, 9.17) is 5.73 Å². The Bertz CT molecular complexity index is 248. The van der Waals surface area contributed by atoms with E-state index in [-0.39, 0.29) is 17.2 Å². The molecule has 2 atom stereocenters. The number of carbonyl (C=O) groups is 1. The normalized spacial score (nSPS) is 27.9. The summed E-state index contributed by atoms with van der Waals surface area (Å²) in [7, 11) is 0. The van der Waals surface area contributed by atoms with Gasteiger partial charge in [0.05, 0.1) is 5.25 Å². The van der Waals surface area contributed by atoms with Gasteiger partial charge in [-0.2, -0.15) is 0 Å². The number of hydrogen-bond acceptors (Lipinski definition) is 3. The summed E-state index contributed by atoms with van der Waals surface area (Å²) >= 11 is 1.81. The van der Waals surface area contributed by atoms with Crippen molar-refractivity contribution in [3.63, 3.8) is 0 Å². The molecule has 4 heteroatoms. The maximum Gasteiger partial charge on any atom is 0.233 e. The molecule has 0 aromatic heterocycles. The molecule has 2 aliphatic rings. The van der Waals surface area contributed by atoms with Crippen LogP contribution in [0.2, 0.25) is 0 Å². The Hall–Kier alpha value is -0.220. The van der Waals surface area contributed by atoms with Crippen LogP contribution in [0.4, 0.5) is 0 Å². The van der Waals surface area contributed by atoms with Gasteiger partial charge >= 0.3 is 0 Å². The molecule has 17 heavy (non-hydrogen) atoms. The van der Waals surface area contributed by atoms with Gasteiger partial charge in [0, 0.05) is 12.6 Å². The van der Waals surface area contributed by atoms with Gasteiger partial charge in [0.1, 0.15) is 0 Å². The van der Waals surface area contributed by atoms with Crippen molar-refractivity contribution in [1.82, 2.24) is 5.32 Å². The van der Waals surface area contributed by atoms with Crippen LogP contribution in [-0.4, -0.2) is 29.5 Å². The van der Waals surface area contributed by atoms with Gasteiger partial charge in [0.25, 0.3) is 0 Å². The van der Waals surface area contributed by atoms with E-state index in [1.54, 1.807) is 0 Å². The Balaban J connectivity index is 1.82. The van der Waals surface area contributed by atoms with Gasteiger partial charge in [-0.25, -0.2) is 0 Å². The first-order chi connectivity index (χ1) is 8.31. The topological polar surface area (TPSA) is 55.1 Å². The predicted molar refractivity (Wildman–Crippen MR) is 73.0 cm³/mol. The first-order valence-electron chi connectivity index (χ1n) is 6.93. The summed E-state index contributed by atoms with van der Waals surface area (Å²) < 4.78 is 0. The zero-order valence-corrected chi connectivity index (χ0v) is 11.3. The molecule has 98 valence electrons. The van der Waals surface area contributed by atoms with Crippen molar-refractivity contribution in [2.75, 3.05) is 12.3 Å². The van der Waals surface area contributed by atoms with Gasteiger partial charge < -0.3 is 11.1 Å². The van der Waals surface area contributed by atoms with Crippen LogP contribution >= 0.6 is 11.8 Å². The summed E-state index contributed by atoms with van der Waals surface area (Å²) in [5, 5.41) is 3.37. The molecule has 0 aromatic rings. The van der Waals surface area contributed by atoms with E-state index in [2.05, 4.69) is 5.32 Å². The summed E-state index contributed by atoms with van der Waals surface area (Å²) in [6.07, 6.45) is 8.57. The molecular weight excluding hydrogens is 232 g/mol. The van der Waals surface area contributed by atoms with Crippen LogP contribution in [0.15, 0.2) is 0 Å². The van der Waals surface area contributed by atoms with Crippen LogP contribution in [0.5, 0.6) is 0 Å². The average molecular weight is 256 g/mol. The van der Waals surface area contributed by atoms with E-state index in [1.165, 1.54) is 38.5 Å². The highest BCUT2D eigenvalue weighted by Gasteiger charge is 2.28. The lowest BCUT2D eigenvalue weighted by Crippen LogP contribution is -2.48. The quantitative estimate of drug-likeness (QED) is 0.808. The largest absolute Gasteiger partial charge is 0.351 e. The first-order valence-corrected chi connectivity index (χ1v) is 7.98. The molecule has 2 unspecified atom stereocenters. The number of nitrogens with two attached hydrogens (primary N) is 1. The highest BCUT2D eigenvalue weighted by Crippen LogP contribution is 2.29. The van der Waals surface area contributed by atoms with Gasteiger partial charge in [-0.15, -0.1) is 11.8 Å². The van der Waals surface area contributed by atoms with Crippen LogP contribution in [0, 0.1) is 5.92 Å². The van der Waals surface area contributed by atoms with Crippen molar-refractivity contribution in [2.45, 2.75) is 56.2 Å². The molecule has 0 aromatic carbocycles. The SMILES string of the molecule is NCC(NC(=O)C1CCCCS1)C1CCCC1. The minimum absolute atomic E-state index is 0.180. The van der Waals surface area contributed by atoms with Crippen LogP contribution in [0.3, 0.4) is 0 Å². The second kappa shape index (κ2) is 6.64. The standard InChI is InChI=1S/C13H24N2OS/c14-9-11(10-5-1-2-6-10)15-13(16)12-7-3-4-8-17-12/h10-12H,1-9,14H2,(H,15,16). The monoisotopic (exact) mass is 256 g/mol. The van der Waals surface area contributed by atoms with Crippen LogP contribution < -0.4 is 11.1 Å². The molecule has 0 bridgehead atoms. The molecular formula is C13H24N2OS. The fraction of sp³-hybridized carbons (Fsp3) is 0.923. The second-order valence-corrected chi connectivity index (χ2v) is 6.56. The Labute approximate surface area is 108 Å². The maximum absolute atomic E-state index is 12.1. The lowest BCUT2D eigenvalue weighted by atomic mass is 9.98. The van der Waals surface area contributed by atoms with E-state index in [0.29, 0.717) is 12.5 Å². The Morgan fingerprint density at radius 1 is 1.24 bits per heavy atom. The second-order valence-electron chi connectivity index (χ2n) is 5.25. The molecule has 1 saturated heterocycles. The van der Waals surface area contributed by atoms with E-state index >= 15 is 0 Å². The van der Waals surface area contributed by atoms with E-state index in [0.717, 1.165) is 12.2 Å². The third kappa shape index (κ3) is 3.62.